The summed E-state index contributed by atoms with van der Waals surface area (Å²) in [6.07, 6.45) is 0. The van der Waals surface area contributed by atoms with Crippen molar-refractivity contribution in [3.05, 3.63) is 24.3 Å². The summed E-state index contributed by atoms with van der Waals surface area (Å²) in [6.45, 7) is 7.10. The maximum atomic E-state index is 12.2. The van der Waals surface area contributed by atoms with Crippen molar-refractivity contribution < 1.29 is 18.0 Å². The number of benzene rings is 1. The smallest absolute Gasteiger partial charge is 0.246 e. The van der Waals surface area contributed by atoms with Crippen molar-refractivity contribution in [2.24, 2.45) is 11.1 Å². The molecule has 0 aliphatic carbocycles. The second-order valence-electron chi connectivity index (χ2n) is 6.65. The fraction of sp³-hybridized carbons (Fsp3) is 0.500. The Bertz CT molecular complexity index is 726. The molecule has 0 aromatic heterocycles. The van der Waals surface area contributed by atoms with E-state index in [0.717, 1.165) is 0 Å². The van der Waals surface area contributed by atoms with E-state index in [-0.39, 0.29) is 23.9 Å². The van der Waals surface area contributed by atoms with E-state index in [1.165, 1.54) is 18.2 Å². The summed E-state index contributed by atoms with van der Waals surface area (Å²) in [5, 5.41) is 5.21. The Balaban J connectivity index is 2.82. The van der Waals surface area contributed by atoms with Crippen molar-refractivity contribution in [1.82, 2.24) is 10.0 Å². The van der Waals surface area contributed by atoms with Gasteiger partial charge in [-0.25, -0.2) is 13.1 Å². The van der Waals surface area contributed by atoms with Gasteiger partial charge >= 0.3 is 0 Å². The van der Waals surface area contributed by atoms with Crippen LogP contribution in [0.2, 0.25) is 0 Å². The van der Waals surface area contributed by atoms with E-state index in [2.05, 4.69) is 15.4 Å². The molecule has 0 saturated carbocycles. The highest BCUT2D eigenvalue weighted by Crippen LogP contribution is 2.16. The fourth-order valence-electron chi connectivity index (χ4n) is 1.75. The molecule has 8 nitrogen and oxygen atoms in total. The Morgan fingerprint density at radius 1 is 1.24 bits per heavy atom. The quantitative estimate of drug-likeness (QED) is 0.552. The van der Waals surface area contributed by atoms with Crippen LogP contribution in [0.25, 0.3) is 0 Å². The van der Waals surface area contributed by atoms with Crippen LogP contribution in [0.3, 0.4) is 0 Å². The highest BCUT2D eigenvalue weighted by Gasteiger charge is 2.25. The first kappa shape index (κ1) is 21.1. The van der Waals surface area contributed by atoms with Crippen LogP contribution in [0, 0.1) is 5.41 Å². The number of sulfonamides is 1. The van der Waals surface area contributed by atoms with Gasteiger partial charge in [-0.05, 0) is 25.1 Å². The third kappa shape index (κ3) is 6.45. The lowest BCUT2D eigenvalue weighted by Gasteiger charge is -2.21. The highest BCUT2D eigenvalue weighted by molar-refractivity contribution is 7.89. The van der Waals surface area contributed by atoms with Crippen molar-refractivity contribution in [3.63, 3.8) is 0 Å². The molecule has 1 aromatic rings. The molecule has 1 aromatic carbocycles. The van der Waals surface area contributed by atoms with Gasteiger partial charge in [-0.3, -0.25) is 9.59 Å². The molecule has 2 amide bonds. The average Bonchev–Trinajstić information content (AvgIpc) is 2.52. The third-order valence-electron chi connectivity index (χ3n) is 3.27. The van der Waals surface area contributed by atoms with Gasteiger partial charge in [0.2, 0.25) is 21.8 Å². The monoisotopic (exact) mass is 370 g/mol. The molecule has 1 unspecified atom stereocenters. The van der Waals surface area contributed by atoms with Crippen LogP contribution in [0.1, 0.15) is 27.7 Å². The van der Waals surface area contributed by atoms with Gasteiger partial charge in [-0.2, -0.15) is 0 Å². The molecule has 0 spiro atoms. The number of carbonyl (C=O) groups excluding carboxylic acids is 2. The van der Waals surface area contributed by atoms with Crippen molar-refractivity contribution >= 4 is 27.5 Å². The summed E-state index contributed by atoms with van der Waals surface area (Å²) in [4.78, 5) is 24.1. The largest absolute Gasteiger partial charge is 0.344 e. The number of amides is 2. The Labute approximate surface area is 148 Å². The Morgan fingerprint density at radius 3 is 2.44 bits per heavy atom. The maximum Gasteiger partial charge on any atom is 0.246 e. The molecule has 0 bridgehead atoms. The summed E-state index contributed by atoms with van der Waals surface area (Å²) >= 11 is 0. The number of nitrogens with one attached hydrogen (secondary N) is 3. The molecule has 0 radical (unpaired) electrons. The lowest BCUT2D eigenvalue weighted by molar-refractivity contribution is -0.131. The van der Waals surface area contributed by atoms with E-state index in [0.29, 0.717) is 5.69 Å². The molecule has 9 heteroatoms. The summed E-state index contributed by atoms with van der Waals surface area (Å²) < 4.78 is 26.5. The first-order valence-corrected chi connectivity index (χ1v) is 9.37. The first-order valence-electron chi connectivity index (χ1n) is 7.89. The third-order valence-corrected chi connectivity index (χ3v) is 4.73. The predicted octanol–water partition coefficient (Wildman–Crippen LogP) is 0.413. The van der Waals surface area contributed by atoms with Crippen LogP contribution in [0.5, 0.6) is 0 Å². The zero-order valence-corrected chi connectivity index (χ0v) is 15.7. The van der Waals surface area contributed by atoms with E-state index in [4.69, 9.17) is 5.73 Å². The molecule has 0 heterocycles. The molecule has 1 rings (SSSR count). The normalized spacial score (nSPS) is 13.2. The molecular weight excluding hydrogens is 344 g/mol. The van der Waals surface area contributed by atoms with E-state index >= 15 is 0 Å². The fourth-order valence-corrected chi connectivity index (χ4v) is 2.84. The topological polar surface area (TPSA) is 130 Å². The molecule has 0 aliphatic heterocycles. The van der Waals surface area contributed by atoms with Crippen LogP contribution >= 0.6 is 0 Å². The van der Waals surface area contributed by atoms with Crippen molar-refractivity contribution in [3.8, 4) is 0 Å². The summed E-state index contributed by atoms with van der Waals surface area (Å²) in [5.41, 5.74) is 5.00. The minimum atomic E-state index is -3.69. The number of nitrogens with two attached hydrogens (primary N) is 1. The first-order chi connectivity index (χ1) is 11.5. The van der Waals surface area contributed by atoms with E-state index in [9.17, 15) is 18.0 Å². The predicted molar refractivity (Wildman–Crippen MR) is 96.4 cm³/mol. The number of anilines is 1. The Kier molecular flexibility index (Phi) is 7.09. The summed E-state index contributed by atoms with van der Waals surface area (Å²) in [5.74, 6) is -0.695. The van der Waals surface area contributed by atoms with Gasteiger partial charge in [0, 0.05) is 24.2 Å². The van der Waals surface area contributed by atoms with E-state index in [1.807, 2.05) is 0 Å². The minimum absolute atomic E-state index is 0.0186. The standard InChI is InChI=1S/C16H26N4O4S/c1-11(19-15(22)16(2,3)4)14(21)20-12-6-5-7-13(10-12)25(23,24)18-9-8-17/h5-7,10-11,18H,8-9,17H2,1-4H3,(H,19,22)(H,20,21). The molecule has 1 atom stereocenters. The second-order valence-corrected chi connectivity index (χ2v) is 8.42. The molecule has 140 valence electrons. The summed E-state index contributed by atoms with van der Waals surface area (Å²) in [6, 6.07) is 5.08. The lowest BCUT2D eigenvalue weighted by atomic mass is 9.95. The van der Waals surface area contributed by atoms with E-state index < -0.39 is 27.4 Å². The van der Waals surface area contributed by atoms with Gasteiger partial charge in [-0.1, -0.05) is 26.8 Å². The number of rotatable bonds is 7. The van der Waals surface area contributed by atoms with Gasteiger partial charge in [0.25, 0.3) is 0 Å². The maximum absolute atomic E-state index is 12.2. The summed E-state index contributed by atoms with van der Waals surface area (Å²) in [7, 11) is -3.69. The van der Waals surface area contributed by atoms with Gasteiger partial charge in [-0.15, -0.1) is 0 Å². The number of hydrogen-bond acceptors (Lipinski definition) is 5. The van der Waals surface area contributed by atoms with Crippen molar-refractivity contribution in [1.29, 1.82) is 0 Å². The molecule has 0 saturated heterocycles. The average molecular weight is 370 g/mol. The molecule has 5 N–H and O–H groups in total. The lowest BCUT2D eigenvalue weighted by Crippen LogP contribution is -2.46. The second kappa shape index (κ2) is 8.41. The zero-order chi connectivity index (χ0) is 19.3. The van der Waals surface area contributed by atoms with E-state index in [1.54, 1.807) is 33.8 Å². The van der Waals surface area contributed by atoms with Crippen molar-refractivity contribution in [2.75, 3.05) is 18.4 Å². The number of carbonyl (C=O) groups is 2. The van der Waals surface area contributed by atoms with Crippen LogP contribution in [-0.2, 0) is 19.6 Å². The molecule has 0 aliphatic rings. The number of hydrogen-bond donors (Lipinski definition) is 4. The Morgan fingerprint density at radius 2 is 1.88 bits per heavy atom. The van der Waals surface area contributed by atoms with Gasteiger partial charge in [0.1, 0.15) is 6.04 Å². The van der Waals surface area contributed by atoms with Gasteiger partial charge < -0.3 is 16.4 Å². The van der Waals surface area contributed by atoms with Crippen molar-refractivity contribution in [2.45, 2.75) is 38.6 Å². The zero-order valence-electron chi connectivity index (χ0n) is 14.9. The highest BCUT2D eigenvalue weighted by atomic mass is 32.2. The SMILES string of the molecule is CC(NC(=O)C(C)(C)C)C(=O)Nc1cccc(S(=O)(=O)NCCN)c1. The van der Waals surface area contributed by atoms with Crippen LogP contribution in [0.4, 0.5) is 5.69 Å². The molecular formula is C16H26N4O4S. The molecule has 25 heavy (non-hydrogen) atoms. The van der Waals surface area contributed by atoms with Crippen LogP contribution in [0.15, 0.2) is 29.2 Å². The molecule has 0 fully saturated rings. The minimum Gasteiger partial charge on any atom is -0.344 e. The van der Waals surface area contributed by atoms with Crippen LogP contribution < -0.4 is 21.1 Å². The Hall–Kier alpha value is -1.97. The van der Waals surface area contributed by atoms with Gasteiger partial charge in [0.15, 0.2) is 0 Å². The van der Waals surface area contributed by atoms with Crippen LogP contribution in [-0.4, -0.2) is 39.4 Å². The van der Waals surface area contributed by atoms with Gasteiger partial charge in [0.05, 0.1) is 4.90 Å².